The van der Waals surface area contributed by atoms with Gasteiger partial charge in [-0.3, -0.25) is 0 Å². The zero-order chi connectivity index (χ0) is 14.3. The molecule has 0 saturated carbocycles. The molecule has 2 N–H and O–H groups in total. The lowest BCUT2D eigenvalue weighted by Crippen LogP contribution is -2.16. The fourth-order valence-electron chi connectivity index (χ4n) is 1.86. The highest BCUT2D eigenvalue weighted by Crippen LogP contribution is 2.23. The largest absolute Gasteiger partial charge is 0.396 e. The summed E-state index contributed by atoms with van der Waals surface area (Å²) in [5.74, 6) is 0. The Morgan fingerprint density at radius 2 is 1.84 bits per heavy atom. The summed E-state index contributed by atoms with van der Waals surface area (Å²) in [6, 6.07) is 7.57. The van der Waals surface area contributed by atoms with Crippen molar-refractivity contribution in [1.29, 1.82) is 0 Å². The summed E-state index contributed by atoms with van der Waals surface area (Å²) in [6.07, 6.45) is -3.56. The molecule has 19 heavy (non-hydrogen) atoms. The van der Waals surface area contributed by atoms with Crippen LogP contribution in [0, 0.1) is 0 Å². The Hall–Kier alpha value is -1.23. The Bertz CT molecular complexity index is 362. The van der Waals surface area contributed by atoms with E-state index in [1.807, 2.05) is 31.2 Å². The second kappa shape index (κ2) is 7.38. The smallest absolute Gasteiger partial charge is 0.389 e. The van der Waals surface area contributed by atoms with Gasteiger partial charge in [0.25, 0.3) is 0 Å². The van der Waals surface area contributed by atoms with Gasteiger partial charge in [-0.25, -0.2) is 0 Å². The summed E-state index contributed by atoms with van der Waals surface area (Å²) in [4.78, 5) is 0. The van der Waals surface area contributed by atoms with Crippen LogP contribution in [0.1, 0.15) is 31.7 Å². The van der Waals surface area contributed by atoms with Crippen LogP contribution >= 0.6 is 0 Å². The molecule has 0 aliphatic rings. The highest BCUT2D eigenvalue weighted by Gasteiger charge is 2.26. The first-order chi connectivity index (χ1) is 8.90. The molecule has 0 spiro atoms. The van der Waals surface area contributed by atoms with Crippen LogP contribution in [0.4, 0.5) is 18.9 Å². The number of anilines is 1. The molecule has 0 aliphatic heterocycles. The molecular formula is C14H20F3NO. The Morgan fingerprint density at radius 1 is 1.21 bits per heavy atom. The minimum absolute atomic E-state index is 0.00559. The maximum absolute atomic E-state index is 12.0. The lowest BCUT2D eigenvalue weighted by atomic mass is 10.1. The van der Waals surface area contributed by atoms with Crippen LogP contribution < -0.4 is 5.32 Å². The molecule has 0 bridgehead atoms. The van der Waals surface area contributed by atoms with Crippen molar-refractivity contribution in [2.45, 2.75) is 44.8 Å². The highest BCUT2D eigenvalue weighted by molar-refractivity contribution is 5.45. The number of halogens is 3. The van der Waals surface area contributed by atoms with Gasteiger partial charge in [0.05, 0.1) is 0 Å². The van der Waals surface area contributed by atoms with Gasteiger partial charge in [-0.05, 0) is 43.9 Å². The zero-order valence-corrected chi connectivity index (χ0v) is 11.0. The van der Waals surface area contributed by atoms with Gasteiger partial charge in [-0.1, -0.05) is 12.1 Å². The van der Waals surface area contributed by atoms with Crippen molar-refractivity contribution in [3.63, 3.8) is 0 Å². The number of nitrogens with one attached hydrogen (secondary N) is 1. The van der Waals surface area contributed by atoms with Crippen molar-refractivity contribution in [1.82, 2.24) is 0 Å². The lowest BCUT2D eigenvalue weighted by Gasteiger charge is -2.16. The third-order valence-corrected chi connectivity index (χ3v) is 2.86. The molecule has 1 atom stereocenters. The van der Waals surface area contributed by atoms with Gasteiger partial charge in [-0.15, -0.1) is 0 Å². The lowest BCUT2D eigenvalue weighted by molar-refractivity contribution is -0.135. The number of alkyl halides is 3. The molecule has 0 heterocycles. The molecule has 0 fully saturated rings. The molecular weight excluding hydrogens is 255 g/mol. The molecule has 1 rings (SSSR count). The normalized spacial score (nSPS) is 13.3. The predicted molar refractivity (Wildman–Crippen MR) is 70.2 cm³/mol. The summed E-state index contributed by atoms with van der Waals surface area (Å²) >= 11 is 0. The second-order valence-corrected chi connectivity index (χ2v) is 4.72. The minimum Gasteiger partial charge on any atom is -0.396 e. The van der Waals surface area contributed by atoms with E-state index in [1.165, 1.54) is 0 Å². The van der Waals surface area contributed by atoms with Crippen LogP contribution in [0.25, 0.3) is 0 Å². The monoisotopic (exact) mass is 275 g/mol. The van der Waals surface area contributed by atoms with Gasteiger partial charge in [0, 0.05) is 24.8 Å². The standard InChI is InChI=1S/C14H20F3NO/c1-11(3-2-9-14(15,16)17)18-13-6-4-12(5-7-13)8-10-19/h4-7,11,18-19H,2-3,8-10H2,1H3. The molecule has 0 radical (unpaired) electrons. The molecule has 108 valence electrons. The van der Waals surface area contributed by atoms with E-state index in [0.29, 0.717) is 12.8 Å². The first-order valence-electron chi connectivity index (χ1n) is 6.44. The van der Waals surface area contributed by atoms with Gasteiger partial charge in [0.15, 0.2) is 0 Å². The van der Waals surface area contributed by atoms with Crippen molar-refractivity contribution in [2.24, 2.45) is 0 Å². The van der Waals surface area contributed by atoms with Crippen LogP contribution in [0.2, 0.25) is 0 Å². The van der Waals surface area contributed by atoms with E-state index in [4.69, 9.17) is 5.11 Å². The average Bonchev–Trinajstić information content (AvgIpc) is 2.30. The molecule has 0 aliphatic carbocycles. The van der Waals surface area contributed by atoms with Gasteiger partial charge in [-0.2, -0.15) is 13.2 Å². The highest BCUT2D eigenvalue weighted by atomic mass is 19.4. The molecule has 1 aromatic rings. The average molecular weight is 275 g/mol. The van der Waals surface area contributed by atoms with Gasteiger partial charge in [0.1, 0.15) is 0 Å². The zero-order valence-electron chi connectivity index (χ0n) is 11.0. The molecule has 1 aromatic carbocycles. The number of aliphatic hydroxyl groups is 1. The van der Waals surface area contributed by atoms with E-state index in [0.717, 1.165) is 11.3 Å². The van der Waals surface area contributed by atoms with E-state index in [-0.39, 0.29) is 19.1 Å². The van der Waals surface area contributed by atoms with Crippen LogP contribution in [-0.2, 0) is 6.42 Å². The number of rotatable bonds is 7. The number of hydrogen-bond donors (Lipinski definition) is 2. The Kier molecular flexibility index (Phi) is 6.15. The van der Waals surface area contributed by atoms with E-state index >= 15 is 0 Å². The Labute approximate surface area is 111 Å². The fourth-order valence-corrected chi connectivity index (χ4v) is 1.86. The number of hydrogen-bond acceptors (Lipinski definition) is 2. The van der Waals surface area contributed by atoms with Crippen molar-refractivity contribution in [3.8, 4) is 0 Å². The summed E-state index contributed by atoms with van der Waals surface area (Å²) in [6.45, 7) is 1.98. The minimum atomic E-state index is -4.06. The van der Waals surface area contributed by atoms with Crippen molar-refractivity contribution in [2.75, 3.05) is 11.9 Å². The summed E-state index contributed by atoms with van der Waals surface area (Å²) in [5, 5.41) is 12.0. The molecule has 1 unspecified atom stereocenters. The van der Waals surface area contributed by atoms with Crippen LogP contribution in [0.5, 0.6) is 0 Å². The van der Waals surface area contributed by atoms with Gasteiger partial charge >= 0.3 is 6.18 Å². The first kappa shape index (κ1) is 15.8. The molecule has 2 nitrogen and oxygen atoms in total. The van der Waals surface area contributed by atoms with E-state index < -0.39 is 12.6 Å². The maximum atomic E-state index is 12.0. The van der Waals surface area contributed by atoms with Crippen LogP contribution in [0.3, 0.4) is 0 Å². The quantitative estimate of drug-likeness (QED) is 0.794. The predicted octanol–water partition coefficient (Wildman–Crippen LogP) is 3.75. The second-order valence-electron chi connectivity index (χ2n) is 4.72. The molecule has 0 saturated heterocycles. The van der Waals surface area contributed by atoms with Gasteiger partial charge < -0.3 is 10.4 Å². The molecule has 0 amide bonds. The van der Waals surface area contributed by atoms with Crippen LogP contribution in [-0.4, -0.2) is 23.9 Å². The molecule has 0 aromatic heterocycles. The number of benzene rings is 1. The van der Waals surface area contributed by atoms with E-state index in [2.05, 4.69) is 5.32 Å². The number of aliphatic hydroxyl groups excluding tert-OH is 1. The topological polar surface area (TPSA) is 32.3 Å². The van der Waals surface area contributed by atoms with Crippen LogP contribution in [0.15, 0.2) is 24.3 Å². The fraction of sp³-hybridized carbons (Fsp3) is 0.571. The third kappa shape index (κ3) is 7.06. The van der Waals surface area contributed by atoms with E-state index in [1.54, 1.807) is 0 Å². The molecule has 5 heteroatoms. The summed E-state index contributed by atoms with van der Waals surface area (Å²) in [7, 11) is 0. The van der Waals surface area contributed by atoms with Gasteiger partial charge in [0.2, 0.25) is 0 Å². The first-order valence-corrected chi connectivity index (χ1v) is 6.44. The Morgan fingerprint density at radius 3 is 2.37 bits per heavy atom. The van der Waals surface area contributed by atoms with E-state index in [9.17, 15) is 13.2 Å². The third-order valence-electron chi connectivity index (χ3n) is 2.86. The maximum Gasteiger partial charge on any atom is 0.389 e. The van der Waals surface area contributed by atoms with Crippen molar-refractivity contribution in [3.05, 3.63) is 29.8 Å². The summed E-state index contributed by atoms with van der Waals surface area (Å²) < 4.78 is 36.0. The van der Waals surface area contributed by atoms with Crippen molar-refractivity contribution < 1.29 is 18.3 Å². The van der Waals surface area contributed by atoms with Crippen molar-refractivity contribution >= 4 is 5.69 Å². The summed E-state index contributed by atoms with van der Waals surface area (Å²) in [5.41, 5.74) is 1.93. The Balaban J connectivity index is 2.33. The SMILES string of the molecule is CC(CCCC(F)(F)F)Nc1ccc(CCO)cc1.